The van der Waals surface area contributed by atoms with Crippen LogP contribution in [-0.2, 0) is 6.42 Å². The van der Waals surface area contributed by atoms with Crippen LogP contribution in [-0.4, -0.2) is 15.0 Å². The molecule has 0 saturated heterocycles. The molecule has 0 amide bonds. The molecule has 3 heterocycles. The highest BCUT2D eigenvalue weighted by Gasteiger charge is 2.11. The predicted octanol–water partition coefficient (Wildman–Crippen LogP) is 5.50. The number of furan rings is 1. The van der Waals surface area contributed by atoms with Gasteiger partial charge in [-0.15, -0.1) is 0 Å². The van der Waals surface area contributed by atoms with Gasteiger partial charge in [0.2, 0.25) is 0 Å². The van der Waals surface area contributed by atoms with E-state index in [9.17, 15) is 0 Å². The number of hydrogen-bond donors (Lipinski definition) is 1. The number of nitriles is 1. The summed E-state index contributed by atoms with van der Waals surface area (Å²) in [5.74, 6) is 0. The summed E-state index contributed by atoms with van der Waals surface area (Å²) in [6, 6.07) is 9.95. The van der Waals surface area contributed by atoms with Crippen LogP contribution in [0.2, 0.25) is 5.02 Å². The Morgan fingerprint density at radius 2 is 2.19 bits per heavy atom. The highest BCUT2D eigenvalue weighted by Crippen LogP contribution is 2.30. The van der Waals surface area contributed by atoms with Crippen molar-refractivity contribution in [2.75, 3.05) is 0 Å². The number of fused-ring (bicyclic) bond motifs is 1. The Balaban J connectivity index is 1.88. The third-order valence-electron chi connectivity index (χ3n) is 4.29. The first-order valence-electron chi connectivity index (χ1n) is 8.44. The molecule has 0 unspecified atom stereocenters. The van der Waals surface area contributed by atoms with E-state index in [-0.39, 0.29) is 0 Å². The van der Waals surface area contributed by atoms with E-state index in [0.29, 0.717) is 17.9 Å². The second-order valence-corrected chi connectivity index (χ2v) is 6.48. The van der Waals surface area contributed by atoms with E-state index in [4.69, 9.17) is 26.3 Å². The van der Waals surface area contributed by atoms with Crippen LogP contribution in [0, 0.1) is 11.3 Å². The number of pyridine rings is 1. The van der Waals surface area contributed by atoms with Crippen LogP contribution in [0.25, 0.3) is 34.4 Å². The third kappa shape index (κ3) is 3.62. The first kappa shape index (κ1) is 17.1. The van der Waals surface area contributed by atoms with E-state index in [1.807, 2.05) is 36.4 Å². The van der Waals surface area contributed by atoms with Crippen molar-refractivity contribution in [1.29, 1.82) is 5.26 Å². The van der Waals surface area contributed by atoms with Gasteiger partial charge in [-0.2, -0.15) is 5.26 Å². The minimum atomic E-state index is 0.422. The number of benzene rings is 1. The second kappa shape index (κ2) is 7.48. The second-order valence-electron chi connectivity index (χ2n) is 6.07. The SMILES string of the molecule is N#CCCc1cc2c(/C=C/c3ccoc3)cc(-c3cnc[nH]3)nc2cc1Cl. The van der Waals surface area contributed by atoms with E-state index in [1.54, 1.807) is 25.1 Å². The standard InChI is InChI=1S/C21H15ClN4O/c22-18-10-19-17(8-16(18)2-1-6-23)15(4-3-14-5-7-27-12-14)9-20(26-19)21-11-24-13-25-21/h3-5,7-13H,1-2H2,(H,24,25)/b4-3+. The summed E-state index contributed by atoms with van der Waals surface area (Å²) in [7, 11) is 0. The van der Waals surface area contributed by atoms with Crippen molar-refractivity contribution in [3.63, 3.8) is 0 Å². The summed E-state index contributed by atoms with van der Waals surface area (Å²) in [4.78, 5) is 11.9. The molecule has 0 spiro atoms. The fourth-order valence-corrected chi connectivity index (χ4v) is 3.18. The maximum Gasteiger partial charge on any atom is 0.0974 e. The normalized spacial score (nSPS) is 11.3. The molecule has 0 bridgehead atoms. The first-order chi connectivity index (χ1) is 13.2. The molecule has 0 saturated carbocycles. The quantitative estimate of drug-likeness (QED) is 0.500. The molecule has 0 aliphatic rings. The molecule has 6 heteroatoms. The van der Waals surface area contributed by atoms with Gasteiger partial charge < -0.3 is 9.40 Å². The Bertz CT molecular complexity index is 1140. The number of halogens is 1. The van der Waals surface area contributed by atoms with Gasteiger partial charge in [-0.1, -0.05) is 23.8 Å². The maximum absolute atomic E-state index is 8.88. The van der Waals surface area contributed by atoms with Gasteiger partial charge in [-0.25, -0.2) is 9.97 Å². The molecule has 1 aromatic carbocycles. The molecule has 1 N–H and O–H groups in total. The number of H-pyrrole nitrogens is 1. The number of aryl methyl sites for hydroxylation is 1. The molecule has 27 heavy (non-hydrogen) atoms. The molecule has 4 aromatic rings. The Morgan fingerprint density at radius 3 is 2.93 bits per heavy atom. The van der Waals surface area contributed by atoms with Crippen molar-refractivity contribution in [2.45, 2.75) is 12.8 Å². The fourth-order valence-electron chi connectivity index (χ4n) is 2.93. The Hall–Kier alpha value is -3.36. The van der Waals surface area contributed by atoms with Crippen molar-refractivity contribution < 1.29 is 4.42 Å². The van der Waals surface area contributed by atoms with Crippen LogP contribution in [0.1, 0.15) is 23.1 Å². The van der Waals surface area contributed by atoms with Gasteiger partial charge in [-0.3, -0.25) is 0 Å². The van der Waals surface area contributed by atoms with Gasteiger partial charge in [0.05, 0.1) is 48.0 Å². The number of imidazole rings is 1. The van der Waals surface area contributed by atoms with Crippen LogP contribution in [0.5, 0.6) is 0 Å². The van der Waals surface area contributed by atoms with E-state index >= 15 is 0 Å². The topological polar surface area (TPSA) is 78.5 Å². The molecule has 0 atom stereocenters. The van der Waals surface area contributed by atoms with Crippen molar-refractivity contribution in [2.24, 2.45) is 0 Å². The predicted molar refractivity (Wildman–Crippen MR) is 106 cm³/mol. The highest BCUT2D eigenvalue weighted by atomic mass is 35.5. The summed E-state index contributed by atoms with van der Waals surface area (Å²) in [5.41, 5.74) is 5.33. The molecule has 5 nitrogen and oxygen atoms in total. The van der Waals surface area contributed by atoms with Crippen LogP contribution >= 0.6 is 11.6 Å². The van der Waals surface area contributed by atoms with Gasteiger partial charge in [-0.05, 0) is 41.8 Å². The molecule has 4 rings (SSSR count). The summed E-state index contributed by atoms with van der Waals surface area (Å²) < 4.78 is 5.13. The van der Waals surface area contributed by atoms with Crippen LogP contribution in [0.15, 0.2) is 53.7 Å². The van der Waals surface area contributed by atoms with Gasteiger partial charge in [0.15, 0.2) is 0 Å². The maximum atomic E-state index is 8.88. The fraction of sp³-hybridized carbons (Fsp3) is 0.0952. The lowest BCUT2D eigenvalue weighted by atomic mass is 10.0. The van der Waals surface area contributed by atoms with Gasteiger partial charge in [0.1, 0.15) is 0 Å². The lowest BCUT2D eigenvalue weighted by Crippen LogP contribution is -1.93. The average Bonchev–Trinajstić information content (AvgIpc) is 3.38. The zero-order chi connectivity index (χ0) is 18.6. The van der Waals surface area contributed by atoms with Crippen molar-refractivity contribution in [3.8, 4) is 17.5 Å². The molecule has 0 aliphatic heterocycles. The van der Waals surface area contributed by atoms with Gasteiger partial charge in [0.25, 0.3) is 0 Å². The molecule has 0 aliphatic carbocycles. The minimum Gasteiger partial charge on any atom is -0.472 e. The average molecular weight is 375 g/mol. The number of hydrogen-bond acceptors (Lipinski definition) is 4. The lowest BCUT2D eigenvalue weighted by molar-refractivity contribution is 0.567. The lowest BCUT2D eigenvalue weighted by Gasteiger charge is -2.10. The molecule has 0 fully saturated rings. The van der Waals surface area contributed by atoms with Crippen LogP contribution in [0.4, 0.5) is 0 Å². The number of aromatic amines is 1. The number of aromatic nitrogens is 3. The van der Waals surface area contributed by atoms with Gasteiger partial charge in [0, 0.05) is 22.4 Å². The van der Waals surface area contributed by atoms with Gasteiger partial charge >= 0.3 is 0 Å². The summed E-state index contributed by atoms with van der Waals surface area (Å²) in [5, 5.41) is 10.5. The minimum absolute atomic E-state index is 0.422. The van der Waals surface area contributed by atoms with Crippen molar-refractivity contribution >= 4 is 34.7 Å². The molecule has 3 aromatic heterocycles. The summed E-state index contributed by atoms with van der Waals surface area (Å²) >= 11 is 6.43. The van der Waals surface area contributed by atoms with E-state index in [1.165, 1.54) is 0 Å². The van der Waals surface area contributed by atoms with Crippen molar-refractivity contribution in [1.82, 2.24) is 15.0 Å². The third-order valence-corrected chi connectivity index (χ3v) is 4.64. The molecular weight excluding hydrogens is 360 g/mol. The number of rotatable bonds is 5. The molecule has 132 valence electrons. The highest BCUT2D eigenvalue weighted by molar-refractivity contribution is 6.32. The van der Waals surface area contributed by atoms with Crippen molar-refractivity contribution in [3.05, 3.63) is 71.0 Å². The monoisotopic (exact) mass is 374 g/mol. The smallest absolute Gasteiger partial charge is 0.0974 e. The van der Waals surface area contributed by atoms with E-state index in [2.05, 4.69) is 16.0 Å². The van der Waals surface area contributed by atoms with E-state index < -0.39 is 0 Å². The first-order valence-corrected chi connectivity index (χ1v) is 8.81. The Labute approximate surface area is 161 Å². The van der Waals surface area contributed by atoms with E-state index in [0.717, 1.165) is 39.0 Å². The van der Waals surface area contributed by atoms with Crippen LogP contribution in [0.3, 0.4) is 0 Å². The number of nitrogens with one attached hydrogen (secondary N) is 1. The molecule has 0 radical (unpaired) electrons. The molecular formula is C21H15ClN4O. The van der Waals surface area contributed by atoms with Crippen LogP contribution < -0.4 is 0 Å². The summed E-state index contributed by atoms with van der Waals surface area (Å²) in [6.07, 6.45) is 11.7. The zero-order valence-electron chi connectivity index (χ0n) is 14.3. The summed E-state index contributed by atoms with van der Waals surface area (Å²) in [6.45, 7) is 0. The number of nitrogens with zero attached hydrogens (tertiary/aromatic N) is 3. The largest absolute Gasteiger partial charge is 0.472 e. The Morgan fingerprint density at radius 1 is 1.26 bits per heavy atom. The zero-order valence-corrected chi connectivity index (χ0v) is 15.1. The Kier molecular flexibility index (Phi) is 4.73.